The fraction of sp³-hybridized carbons (Fsp3) is 0.400. The van der Waals surface area contributed by atoms with Crippen LogP contribution in [0.25, 0.3) is 0 Å². The molecule has 0 aliphatic rings. The molecule has 1 aromatic carbocycles. The summed E-state index contributed by atoms with van der Waals surface area (Å²) < 4.78 is 59.9. The predicted octanol–water partition coefficient (Wildman–Crippen LogP) is 0.996. The van der Waals surface area contributed by atoms with E-state index >= 15 is 0 Å². The van der Waals surface area contributed by atoms with Crippen molar-refractivity contribution in [3.8, 4) is 0 Å². The van der Waals surface area contributed by atoms with Gasteiger partial charge in [0.25, 0.3) is 0 Å². The van der Waals surface area contributed by atoms with Gasteiger partial charge in [-0.1, -0.05) is 30.3 Å². The third-order valence-corrected chi connectivity index (χ3v) is 3.49. The van der Waals surface area contributed by atoms with Crippen LogP contribution in [0.3, 0.4) is 0 Å². The van der Waals surface area contributed by atoms with Gasteiger partial charge in [-0.3, -0.25) is 0 Å². The minimum Gasteiger partial charge on any atom is -0.329 e. The molecule has 1 aromatic rings. The van der Waals surface area contributed by atoms with E-state index in [-0.39, 0.29) is 13.0 Å². The van der Waals surface area contributed by atoms with E-state index in [1.54, 1.807) is 35.1 Å². The van der Waals surface area contributed by atoms with Crippen LogP contribution < -0.4 is 10.5 Å². The summed E-state index contributed by atoms with van der Waals surface area (Å²) in [5, 5.41) is 0. The zero-order valence-corrected chi connectivity index (χ0v) is 10.1. The second-order valence-corrected chi connectivity index (χ2v) is 5.39. The van der Waals surface area contributed by atoms with Gasteiger partial charge >= 0.3 is 15.5 Å². The van der Waals surface area contributed by atoms with Crippen molar-refractivity contribution in [2.45, 2.75) is 18.0 Å². The lowest BCUT2D eigenvalue weighted by Gasteiger charge is -2.18. The van der Waals surface area contributed by atoms with Crippen LogP contribution in [0.1, 0.15) is 5.56 Å². The van der Waals surface area contributed by atoms with Crippen molar-refractivity contribution in [1.29, 1.82) is 0 Å². The molecule has 0 spiro atoms. The van der Waals surface area contributed by atoms with E-state index in [1.807, 2.05) is 0 Å². The fourth-order valence-corrected chi connectivity index (χ4v) is 2.11. The molecule has 4 nitrogen and oxygen atoms in total. The Labute approximate surface area is 103 Å². The SMILES string of the molecule is NC[C@H](Cc1ccccc1)NS(=O)(=O)C(F)(F)F. The molecule has 0 fully saturated rings. The van der Waals surface area contributed by atoms with Crippen LogP contribution in [0.2, 0.25) is 0 Å². The molecule has 1 rings (SSSR count). The van der Waals surface area contributed by atoms with Gasteiger partial charge in [-0.2, -0.15) is 13.2 Å². The lowest BCUT2D eigenvalue weighted by molar-refractivity contribution is -0.0450. The highest BCUT2D eigenvalue weighted by molar-refractivity contribution is 7.90. The molecule has 1 atom stereocenters. The third kappa shape index (κ3) is 3.97. The number of sulfonamides is 1. The van der Waals surface area contributed by atoms with Crippen molar-refractivity contribution >= 4 is 10.0 Å². The van der Waals surface area contributed by atoms with E-state index in [9.17, 15) is 21.6 Å². The van der Waals surface area contributed by atoms with Crippen molar-refractivity contribution in [3.05, 3.63) is 35.9 Å². The zero-order valence-electron chi connectivity index (χ0n) is 9.31. The summed E-state index contributed by atoms with van der Waals surface area (Å²) in [6.45, 7) is -0.218. The predicted molar refractivity (Wildman–Crippen MR) is 61.1 cm³/mol. The van der Waals surface area contributed by atoms with Crippen molar-refractivity contribution in [3.63, 3.8) is 0 Å². The Bertz CT molecular complexity index is 474. The first kappa shape index (κ1) is 14.9. The maximum atomic E-state index is 12.2. The van der Waals surface area contributed by atoms with Crippen LogP contribution in [0, 0.1) is 0 Å². The Morgan fingerprint density at radius 2 is 1.78 bits per heavy atom. The molecule has 0 unspecified atom stereocenters. The first-order chi connectivity index (χ1) is 8.26. The molecular formula is C10H13F3N2O2S. The van der Waals surface area contributed by atoms with E-state index < -0.39 is 21.6 Å². The normalized spacial score (nSPS) is 14.4. The zero-order chi connectivity index (χ0) is 13.8. The van der Waals surface area contributed by atoms with Gasteiger partial charge in [0, 0.05) is 12.6 Å². The van der Waals surface area contributed by atoms with Crippen molar-refractivity contribution < 1.29 is 21.6 Å². The lowest BCUT2D eigenvalue weighted by Crippen LogP contribution is -2.46. The highest BCUT2D eigenvalue weighted by Gasteiger charge is 2.46. The topological polar surface area (TPSA) is 72.2 Å². The number of hydrogen-bond acceptors (Lipinski definition) is 3. The van der Waals surface area contributed by atoms with Gasteiger partial charge in [-0.05, 0) is 12.0 Å². The summed E-state index contributed by atoms with van der Waals surface area (Å²) in [6, 6.07) is 7.55. The van der Waals surface area contributed by atoms with Crippen molar-refractivity contribution in [2.24, 2.45) is 5.73 Å². The van der Waals surface area contributed by atoms with Crippen LogP contribution in [0.15, 0.2) is 30.3 Å². The molecule has 0 aliphatic heterocycles. The quantitative estimate of drug-likeness (QED) is 0.846. The molecule has 0 bridgehead atoms. The molecule has 18 heavy (non-hydrogen) atoms. The van der Waals surface area contributed by atoms with Gasteiger partial charge in [-0.25, -0.2) is 13.1 Å². The number of rotatable bonds is 5. The van der Waals surface area contributed by atoms with Gasteiger partial charge in [0.05, 0.1) is 0 Å². The molecule has 0 aliphatic carbocycles. The van der Waals surface area contributed by atoms with Gasteiger partial charge in [0.2, 0.25) is 0 Å². The molecule has 8 heteroatoms. The monoisotopic (exact) mass is 282 g/mol. The second kappa shape index (κ2) is 5.68. The Balaban J connectivity index is 2.75. The second-order valence-electron chi connectivity index (χ2n) is 3.69. The molecule has 102 valence electrons. The minimum atomic E-state index is -5.36. The molecule has 3 N–H and O–H groups in total. The Morgan fingerprint density at radius 3 is 2.22 bits per heavy atom. The van der Waals surface area contributed by atoms with Gasteiger partial charge in [-0.15, -0.1) is 0 Å². The first-order valence-electron chi connectivity index (χ1n) is 5.09. The van der Waals surface area contributed by atoms with Crippen molar-refractivity contribution in [1.82, 2.24) is 4.72 Å². The highest BCUT2D eigenvalue weighted by Crippen LogP contribution is 2.22. The van der Waals surface area contributed by atoms with Gasteiger partial charge < -0.3 is 5.73 Å². The fourth-order valence-electron chi connectivity index (χ4n) is 1.36. The summed E-state index contributed by atoms with van der Waals surface area (Å²) in [4.78, 5) is 0. The maximum Gasteiger partial charge on any atom is 0.511 e. The highest BCUT2D eigenvalue weighted by atomic mass is 32.2. The molecule has 0 heterocycles. The summed E-state index contributed by atoms with van der Waals surface area (Å²) in [7, 11) is -5.36. The van der Waals surface area contributed by atoms with E-state index in [1.165, 1.54) is 0 Å². The first-order valence-corrected chi connectivity index (χ1v) is 6.57. The number of benzene rings is 1. The van der Waals surface area contributed by atoms with Crippen LogP contribution in [-0.4, -0.2) is 26.5 Å². The van der Waals surface area contributed by atoms with Gasteiger partial charge in [0.15, 0.2) is 0 Å². The van der Waals surface area contributed by atoms with Crippen LogP contribution in [0.4, 0.5) is 13.2 Å². The lowest BCUT2D eigenvalue weighted by atomic mass is 10.1. The smallest absolute Gasteiger partial charge is 0.329 e. The molecule has 0 saturated carbocycles. The molecule has 0 saturated heterocycles. The van der Waals surface area contributed by atoms with E-state index in [0.29, 0.717) is 5.56 Å². The average Bonchev–Trinajstić information content (AvgIpc) is 2.27. The van der Waals surface area contributed by atoms with E-state index in [4.69, 9.17) is 5.73 Å². The Kier molecular flexibility index (Phi) is 4.71. The number of halogens is 3. The number of alkyl halides is 3. The van der Waals surface area contributed by atoms with Crippen LogP contribution >= 0.6 is 0 Å². The van der Waals surface area contributed by atoms with E-state index in [0.717, 1.165) is 0 Å². The summed E-state index contributed by atoms with van der Waals surface area (Å²) in [5.41, 5.74) is 0.661. The summed E-state index contributed by atoms with van der Waals surface area (Å²) >= 11 is 0. The third-order valence-electron chi connectivity index (χ3n) is 2.24. The molecule has 0 radical (unpaired) electrons. The van der Waals surface area contributed by atoms with E-state index in [2.05, 4.69) is 0 Å². The number of hydrogen-bond donors (Lipinski definition) is 2. The largest absolute Gasteiger partial charge is 0.511 e. The summed E-state index contributed by atoms with van der Waals surface area (Å²) in [6.07, 6.45) is 0.104. The average molecular weight is 282 g/mol. The van der Waals surface area contributed by atoms with Crippen molar-refractivity contribution in [2.75, 3.05) is 6.54 Å². The van der Waals surface area contributed by atoms with Crippen LogP contribution in [0.5, 0.6) is 0 Å². The Morgan fingerprint density at radius 1 is 1.22 bits per heavy atom. The number of nitrogens with two attached hydrogens (primary N) is 1. The van der Waals surface area contributed by atoms with Gasteiger partial charge in [0.1, 0.15) is 0 Å². The summed E-state index contributed by atoms with van der Waals surface area (Å²) in [5.74, 6) is 0. The van der Waals surface area contributed by atoms with Crippen LogP contribution in [-0.2, 0) is 16.4 Å². The molecule has 0 aromatic heterocycles. The Hall–Kier alpha value is -1.12. The number of nitrogens with one attached hydrogen (secondary N) is 1. The molecular weight excluding hydrogens is 269 g/mol. The molecule has 0 amide bonds. The standard InChI is InChI=1S/C10H13F3N2O2S/c11-10(12,13)18(16,17)15-9(7-14)6-8-4-2-1-3-5-8/h1-5,9,15H,6-7,14H2/t9-/m0/s1. The maximum absolute atomic E-state index is 12.2. The minimum absolute atomic E-state index is 0.104.